The molecule has 0 aliphatic heterocycles. The van der Waals surface area contributed by atoms with E-state index in [1.165, 1.54) is 31.4 Å². The molecule has 0 spiro atoms. The summed E-state index contributed by atoms with van der Waals surface area (Å²) in [5, 5.41) is -0.484. The Morgan fingerprint density at radius 2 is 1.70 bits per heavy atom. The molecule has 1 atom stereocenters. The van der Waals surface area contributed by atoms with Crippen molar-refractivity contribution in [3.8, 4) is 0 Å². The van der Waals surface area contributed by atoms with Gasteiger partial charge in [-0.15, -0.1) is 0 Å². The van der Waals surface area contributed by atoms with Crippen LogP contribution in [0.1, 0.15) is 34.5 Å². The molecule has 33 heavy (non-hydrogen) atoms. The van der Waals surface area contributed by atoms with Crippen LogP contribution < -0.4 is 4.31 Å². The fourth-order valence-electron chi connectivity index (χ4n) is 3.11. The van der Waals surface area contributed by atoms with E-state index in [4.69, 9.17) is 11.6 Å². The second-order valence-corrected chi connectivity index (χ2v) is 9.15. The molecule has 1 aromatic heterocycles. The van der Waals surface area contributed by atoms with E-state index >= 15 is 0 Å². The summed E-state index contributed by atoms with van der Waals surface area (Å²) in [6.07, 6.45) is -4.17. The third-order valence-corrected chi connectivity index (χ3v) is 6.98. The summed E-state index contributed by atoms with van der Waals surface area (Å²) in [4.78, 5) is 15.2. The quantitative estimate of drug-likeness (QED) is 0.420. The number of ether oxygens (including phenoxy) is 1. The Morgan fingerprint density at radius 1 is 1.09 bits per heavy atom. The monoisotopic (exact) mass is 498 g/mol. The SMILES string of the molecule is COC(=O)c1ccc(S(=O)(=O)N(c2ncc(C(F)(F)F)cc2Cl)C(C)c2ccccc2)cc1. The van der Waals surface area contributed by atoms with Crippen LogP contribution in [-0.4, -0.2) is 26.5 Å². The van der Waals surface area contributed by atoms with E-state index in [-0.39, 0.29) is 16.3 Å². The predicted octanol–water partition coefficient (Wildman–Crippen LogP) is 5.50. The maximum absolute atomic E-state index is 13.6. The first-order valence-electron chi connectivity index (χ1n) is 9.47. The smallest absolute Gasteiger partial charge is 0.417 e. The zero-order valence-corrected chi connectivity index (χ0v) is 18.9. The van der Waals surface area contributed by atoms with Crippen molar-refractivity contribution >= 4 is 33.4 Å². The van der Waals surface area contributed by atoms with Crippen molar-refractivity contribution in [2.24, 2.45) is 0 Å². The average Bonchev–Trinajstić information content (AvgIpc) is 2.79. The molecule has 0 aliphatic carbocycles. The van der Waals surface area contributed by atoms with Crippen LogP contribution in [0.2, 0.25) is 5.02 Å². The Kier molecular flexibility index (Phi) is 6.99. The number of sulfonamides is 1. The first-order chi connectivity index (χ1) is 15.5. The summed E-state index contributed by atoms with van der Waals surface area (Å²) in [5.41, 5.74) is -0.418. The predicted molar refractivity (Wildman–Crippen MR) is 117 cm³/mol. The molecular formula is C22H18ClF3N2O4S. The number of nitrogens with zero attached hydrogens (tertiary/aromatic N) is 2. The van der Waals surface area contributed by atoms with E-state index in [9.17, 15) is 26.4 Å². The molecule has 0 saturated carbocycles. The van der Waals surface area contributed by atoms with Gasteiger partial charge in [-0.25, -0.2) is 22.5 Å². The molecule has 174 valence electrons. The van der Waals surface area contributed by atoms with Gasteiger partial charge in [0.2, 0.25) is 0 Å². The Labute approximate surface area is 193 Å². The molecule has 0 N–H and O–H groups in total. The Hall–Kier alpha value is -3.11. The molecule has 0 bridgehead atoms. The molecule has 1 heterocycles. The van der Waals surface area contributed by atoms with E-state index < -0.39 is 38.8 Å². The molecule has 0 fully saturated rings. The summed E-state index contributed by atoms with van der Waals surface area (Å²) in [5.74, 6) is -1.01. The van der Waals surface area contributed by atoms with Crippen molar-refractivity contribution in [3.63, 3.8) is 0 Å². The van der Waals surface area contributed by atoms with Crippen LogP contribution in [0.25, 0.3) is 0 Å². The van der Waals surface area contributed by atoms with Crippen molar-refractivity contribution in [2.45, 2.75) is 24.0 Å². The molecule has 6 nitrogen and oxygen atoms in total. The number of esters is 1. The molecular weight excluding hydrogens is 481 g/mol. The second-order valence-electron chi connectivity index (χ2n) is 6.93. The highest BCUT2D eigenvalue weighted by Gasteiger charge is 2.36. The zero-order chi connectivity index (χ0) is 24.4. The van der Waals surface area contributed by atoms with Gasteiger partial charge in [0.05, 0.1) is 34.2 Å². The summed E-state index contributed by atoms with van der Waals surface area (Å²) in [7, 11) is -3.18. The number of alkyl halides is 3. The molecule has 3 rings (SSSR count). The number of pyridine rings is 1. The lowest BCUT2D eigenvalue weighted by Gasteiger charge is -2.30. The number of aromatic nitrogens is 1. The number of methoxy groups -OCH3 is 1. The minimum absolute atomic E-state index is 0.129. The van der Waals surface area contributed by atoms with Crippen molar-refractivity contribution in [1.29, 1.82) is 0 Å². The van der Waals surface area contributed by atoms with Crippen molar-refractivity contribution < 1.29 is 31.1 Å². The van der Waals surface area contributed by atoms with E-state index in [1.54, 1.807) is 37.3 Å². The molecule has 2 aromatic carbocycles. The van der Waals surface area contributed by atoms with E-state index in [1.807, 2.05) is 0 Å². The van der Waals surface area contributed by atoms with Crippen LogP contribution in [-0.2, 0) is 20.9 Å². The van der Waals surface area contributed by atoms with Gasteiger partial charge in [0.25, 0.3) is 10.0 Å². The fourth-order valence-corrected chi connectivity index (χ4v) is 5.04. The molecule has 0 amide bonds. The molecule has 0 aliphatic rings. The van der Waals surface area contributed by atoms with Gasteiger partial charge in [0, 0.05) is 6.20 Å². The third kappa shape index (κ3) is 5.12. The Balaban J connectivity index is 2.16. The zero-order valence-electron chi connectivity index (χ0n) is 17.4. The number of rotatable bonds is 6. The van der Waals surface area contributed by atoms with Crippen LogP contribution >= 0.6 is 11.6 Å². The van der Waals surface area contributed by atoms with Gasteiger partial charge >= 0.3 is 12.1 Å². The maximum Gasteiger partial charge on any atom is 0.417 e. The van der Waals surface area contributed by atoms with Crippen LogP contribution in [0.3, 0.4) is 0 Å². The van der Waals surface area contributed by atoms with Crippen LogP contribution in [0.5, 0.6) is 0 Å². The number of halogens is 4. The van der Waals surface area contributed by atoms with Crippen LogP contribution in [0.15, 0.2) is 71.8 Å². The number of anilines is 1. The number of carbonyl (C=O) groups is 1. The first-order valence-corrected chi connectivity index (χ1v) is 11.3. The highest BCUT2D eigenvalue weighted by atomic mass is 35.5. The standard InChI is InChI=1S/C22H18ClF3N2O4S/c1-14(15-6-4-3-5-7-15)28(20-19(23)12-17(13-27-20)22(24,25)26)33(30,31)18-10-8-16(9-11-18)21(29)32-2/h3-14H,1-2H3. The van der Waals surface area contributed by atoms with Crippen LogP contribution in [0, 0.1) is 0 Å². The maximum atomic E-state index is 13.6. The van der Waals surface area contributed by atoms with Gasteiger partial charge in [0.15, 0.2) is 5.82 Å². The number of benzene rings is 2. The van der Waals surface area contributed by atoms with Gasteiger partial charge in [-0.3, -0.25) is 0 Å². The molecule has 0 saturated heterocycles. The van der Waals surface area contributed by atoms with Gasteiger partial charge in [0.1, 0.15) is 0 Å². The topological polar surface area (TPSA) is 76.6 Å². The molecule has 3 aromatic rings. The van der Waals surface area contributed by atoms with Crippen molar-refractivity contribution in [3.05, 3.63) is 88.6 Å². The highest BCUT2D eigenvalue weighted by Crippen LogP contribution is 2.39. The number of hydrogen-bond acceptors (Lipinski definition) is 5. The van der Waals surface area contributed by atoms with Crippen molar-refractivity contribution in [2.75, 3.05) is 11.4 Å². The number of hydrogen-bond donors (Lipinski definition) is 0. The van der Waals surface area contributed by atoms with Gasteiger partial charge in [-0.2, -0.15) is 13.2 Å². The summed E-state index contributed by atoms with van der Waals surface area (Å²) in [6, 6.07) is 13.2. The van der Waals surface area contributed by atoms with E-state index in [0.29, 0.717) is 17.8 Å². The lowest BCUT2D eigenvalue weighted by atomic mass is 10.1. The van der Waals surface area contributed by atoms with Gasteiger partial charge < -0.3 is 4.74 Å². The van der Waals surface area contributed by atoms with E-state index in [2.05, 4.69) is 9.72 Å². The minimum atomic E-state index is -4.70. The first kappa shape index (κ1) is 24.5. The molecule has 11 heteroatoms. The summed E-state index contributed by atoms with van der Waals surface area (Å²) in [6.45, 7) is 1.56. The molecule has 1 unspecified atom stereocenters. The Bertz CT molecular complexity index is 1250. The van der Waals surface area contributed by atoms with Gasteiger partial charge in [-0.1, -0.05) is 41.9 Å². The normalized spacial score (nSPS) is 12.8. The fraction of sp³-hybridized carbons (Fsp3) is 0.182. The highest BCUT2D eigenvalue weighted by molar-refractivity contribution is 7.92. The number of carbonyl (C=O) groups excluding carboxylic acids is 1. The Morgan fingerprint density at radius 3 is 2.21 bits per heavy atom. The lowest BCUT2D eigenvalue weighted by Crippen LogP contribution is -2.34. The summed E-state index contributed by atoms with van der Waals surface area (Å²) >= 11 is 6.11. The minimum Gasteiger partial charge on any atom is -0.465 e. The van der Waals surface area contributed by atoms with E-state index in [0.717, 1.165) is 4.31 Å². The average molecular weight is 499 g/mol. The summed E-state index contributed by atoms with van der Waals surface area (Å²) < 4.78 is 72.0. The van der Waals surface area contributed by atoms with Crippen LogP contribution in [0.4, 0.5) is 19.0 Å². The third-order valence-electron chi connectivity index (χ3n) is 4.82. The van der Waals surface area contributed by atoms with Gasteiger partial charge in [-0.05, 0) is 42.8 Å². The molecule has 0 radical (unpaired) electrons. The largest absolute Gasteiger partial charge is 0.465 e. The lowest BCUT2D eigenvalue weighted by molar-refractivity contribution is -0.137. The second kappa shape index (κ2) is 9.40. The van der Waals surface area contributed by atoms with Crippen molar-refractivity contribution in [1.82, 2.24) is 4.98 Å².